The highest BCUT2D eigenvalue weighted by molar-refractivity contribution is 5.28. The molecular weight excluding hydrogens is 202 g/mol. The Balaban J connectivity index is 1.91. The predicted molar refractivity (Wildman–Crippen MR) is 59.8 cm³/mol. The fourth-order valence-electron chi connectivity index (χ4n) is 1.89. The zero-order valence-corrected chi connectivity index (χ0v) is 9.10. The Morgan fingerprint density at radius 1 is 1.31 bits per heavy atom. The second-order valence-corrected chi connectivity index (χ2v) is 4.15. The summed E-state index contributed by atoms with van der Waals surface area (Å²) in [5.74, 6) is 0.597. The molecule has 0 atom stereocenters. The fraction of sp³-hybridized carbons (Fsp3) is 0.500. The first-order valence-corrected chi connectivity index (χ1v) is 5.56. The van der Waals surface area contributed by atoms with Crippen molar-refractivity contribution in [1.82, 2.24) is 4.98 Å². The van der Waals surface area contributed by atoms with Crippen molar-refractivity contribution in [3.63, 3.8) is 0 Å². The topological polar surface area (TPSA) is 71.9 Å². The molecule has 1 fully saturated rings. The summed E-state index contributed by atoms with van der Waals surface area (Å²) in [4.78, 5) is 4.09. The highest BCUT2D eigenvalue weighted by Crippen LogP contribution is 2.21. The third-order valence-corrected chi connectivity index (χ3v) is 2.87. The summed E-state index contributed by atoms with van der Waals surface area (Å²) in [5.41, 5.74) is 6.37. The molecule has 0 unspecified atom stereocenters. The normalized spacial score (nSPS) is 24.8. The van der Waals surface area contributed by atoms with Crippen molar-refractivity contribution in [1.29, 1.82) is 5.26 Å². The molecule has 2 rings (SSSR count). The van der Waals surface area contributed by atoms with Crippen LogP contribution in [0.15, 0.2) is 18.3 Å². The molecule has 16 heavy (non-hydrogen) atoms. The van der Waals surface area contributed by atoms with Crippen LogP contribution in [0.1, 0.15) is 31.2 Å². The van der Waals surface area contributed by atoms with E-state index in [0.717, 1.165) is 25.7 Å². The highest BCUT2D eigenvalue weighted by atomic mass is 16.5. The lowest BCUT2D eigenvalue weighted by atomic mass is 9.94. The van der Waals surface area contributed by atoms with Crippen LogP contribution in [0.2, 0.25) is 0 Å². The van der Waals surface area contributed by atoms with Crippen LogP contribution in [0, 0.1) is 11.3 Å². The van der Waals surface area contributed by atoms with Crippen LogP contribution in [-0.4, -0.2) is 17.1 Å². The number of nitrogens with zero attached hydrogens (tertiary/aromatic N) is 2. The molecule has 1 aromatic rings. The van der Waals surface area contributed by atoms with Gasteiger partial charge in [-0.3, -0.25) is 0 Å². The molecule has 84 valence electrons. The number of nitriles is 1. The number of nitrogens with two attached hydrogens (primary N) is 1. The van der Waals surface area contributed by atoms with Crippen molar-refractivity contribution < 1.29 is 4.74 Å². The molecule has 0 radical (unpaired) electrons. The largest absolute Gasteiger partial charge is 0.474 e. The van der Waals surface area contributed by atoms with E-state index in [1.165, 1.54) is 6.20 Å². The first kappa shape index (κ1) is 10.9. The lowest BCUT2D eigenvalue weighted by Crippen LogP contribution is -2.31. The third kappa shape index (κ3) is 2.71. The molecule has 4 heteroatoms. The van der Waals surface area contributed by atoms with E-state index in [1.54, 1.807) is 12.1 Å². The lowest BCUT2D eigenvalue weighted by molar-refractivity contribution is 0.141. The molecular formula is C12H15N3O. The van der Waals surface area contributed by atoms with Crippen LogP contribution in [0.4, 0.5) is 0 Å². The number of hydrogen-bond donors (Lipinski definition) is 1. The summed E-state index contributed by atoms with van der Waals surface area (Å²) in [6.07, 6.45) is 5.76. The molecule has 2 N–H and O–H groups in total. The number of aromatic nitrogens is 1. The van der Waals surface area contributed by atoms with Crippen molar-refractivity contribution in [3.05, 3.63) is 23.9 Å². The molecule has 0 bridgehead atoms. The second-order valence-electron chi connectivity index (χ2n) is 4.15. The molecule has 4 nitrogen and oxygen atoms in total. The van der Waals surface area contributed by atoms with Gasteiger partial charge in [0.2, 0.25) is 5.88 Å². The first-order chi connectivity index (χ1) is 7.78. The maximum absolute atomic E-state index is 8.63. The van der Waals surface area contributed by atoms with Gasteiger partial charge in [0.25, 0.3) is 0 Å². The molecule has 0 aliphatic heterocycles. The minimum absolute atomic E-state index is 0.222. The van der Waals surface area contributed by atoms with Crippen molar-refractivity contribution >= 4 is 0 Å². The van der Waals surface area contributed by atoms with Crippen LogP contribution < -0.4 is 10.5 Å². The van der Waals surface area contributed by atoms with Crippen LogP contribution in [0.25, 0.3) is 0 Å². The maximum Gasteiger partial charge on any atom is 0.213 e. The van der Waals surface area contributed by atoms with Crippen molar-refractivity contribution in [2.24, 2.45) is 5.73 Å². The molecule has 1 aliphatic carbocycles. The average molecular weight is 217 g/mol. The first-order valence-electron chi connectivity index (χ1n) is 5.56. The summed E-state index contributed by atoms with van der Waals surface area (Å²) in [6.45, 7) is 0. The van der Waals surface area contributed by atoms with E-state index in [1.807, 2.05) is 6.07 Å². The molecule has 1 aromatic heterocycles. The Bertz CT molecular complexity index is 374. The van der Waals surface area contributed by atoms with Gasteiger partial charge < -0.3 is 10.5 Å². The van der Waals surface area contributed by atoms with E-state index in [-0.39, 0.29) is 6.10 Å². The van der Waals surface area contributed by atoms with Gasteiger partial charge in [-0.1, -0.05) is 0 Å². The Hall–Kier alpha value is -1.60. The van der Waals surface area contributed by atoms with Crippen molar-refractivity contribution in [3.8, 4) is 11.9 Å². The Morgan fingerprint density at radius 3 is 2.62 bits per heavy atom. The maximum atomic E-state index is 8.63. The monoisotopic (exact) mass is 217 g/mol. The highest BCUT2D eigenvalue weighted by Gasteiger charge is 2.19. The summed E-state index contributed by atoms with van der Waals surface area (Å²) >= 11 is 0. The van der Waals surface area contributed by atoms with Gasteiger partial charge in [-0.2, -0.15) is 5.26 Å². The number of rotatable bonds is 2. The zero-order chi connectivity index (χ0) is 11.4. The Morgan fingerprint density at radius 2 is 2.06 bits per heavy atom. The van der Waals surface area contributed by atoms with E-state index in [2.05, 4.69) is 4.98 Å². The van der Waals surface area contributed by atoms with Crippen LogP contribution in [0.3, 0.4) is 0 Å². The van der Waals surface area contributed by atoms with Crippen molar-refractivity contribution in [2.45, 2.75) is 37.8 Å². The van der Waals surface area contributed by atoms with Gasteiger partial charge in [0.05, 0.1) is 5.56 Å². The van der Waals surface area contributed by atoms with Gasteiger partial charge in [-0.05, 0) is 31.7 Å². The molecule has 1 heterocycles. The SMILES string of the molecule is N#Cc1ccc(OC2CCC(N)CC2)nc1. The molecule has 1 saturated carbocycles. The molecule has 0 saturated heterocycles. The summed E-state index contributed by atoms with van der Waals surface area (Å²) in [6, 6.07) is 5.82. The summed E-state index contributed by atoms with van der Waals surface area (Å²) in [5, 5.41) is 8.63. The van der Waals surface area contributed by atoms with Gasteiger partial charge in [0.1, 0.15) is 12.2 Å². The minimum Gasteiger partial charge on any atom is -0.474 e. The fourth-order valence-corrected chi connectivity index (χ4v) is 1.89. The molecule has 1 aliphatic rings. The second kappa shape index (κ2) is 4.95. The molecule has 0 amide bonds. The Kier molecular flexibility index (Phi) is 3.37. The minimum atomic E-state index is 0.222. The number of pyridine rings is 1. The van der Waals surface area contributed by atoms with Gasteiger partial charge in [0.15, 0.2) is 0 Å². The van der Waals surface area contributed by atoms with Crippen LogP contribution in [0.5, 0.6) is 5.88 Å². The number of hydrogen-bond acceptors (Lipinski definition) is 4. The third-order valence-electron chi connectivity index (χ3n) is 2.87. The average Bonchev–Trinajstić information content (AvgIpc) is 2.33. The van der Waals surface area contributed by atoms with Gasteiger partial charge >= 0.3 is 0 Å². The van der Waals surface area contributed by atoms with E-state index in [4.69, 9.17) is 15.7 Å². The Labute approximate surface area is 95.0 Å². The van der Waals surface area contributed by atoms with Gasteiger partial charge in [0, 0.05) is 18.3 Å². The predicted octanol–water partition coefficient (Wildman–Crippen LogP) is 1.60. The van der Waals surface area contributed by atoms with Gasteiger partial charge in [-0.15, -0.1) is 0 Å². The van der Waals surface area contributed by atoms with E-state index >= 15 is 0 Å². The lowest BCUT2D eigenvalue weighted by Gasteiger charge is -2.26. The number of ether oxygens (including phenoxy) is 1. The standard InChI is InChI=1S/C12H15N3O/c13-7-9-1-6-12(15-8-9)16-11-4-2-10(14)3-5-11/h1,6,8,10-11H,2-5,14H2. The summed E-state index contributed by atoms with van der Waals surface area (Å²) < 4.78 is 5.73. The summed E-state index contributed by atoms with van der Waals surface area (Å²) in [7, 11) is 0. The molecule has 0 spiro atoms. The zero-order valence-electron chi connectivity index (χ0n) is 9.10. The quantitative estimate of drug-likeness (QED) is 0.816. The molecule has 0 aromatic carbocycles. The van der Waals surface area contributed by atoms with Crippen LogP contribution >= 0.6 is 0 Å². The van der Waals surface area contributed by atoms with E-state index in [0.29, 0.717) is 17.5 Å². The van der Waals surface area contributed by atoms with Crippen LogP contribution in [-0.2, 0) is 0 Å². The smallest absolute Gasteiger partial charge is 0.213 e. The van der Waals surface area contributed by atoms with Crippen molar-refractivity contribution in [2.75, 3.05) is 0 Å². The van der Waals surface area contributed by atoms with E-state index < -0.39 is 0 Å². The van der Waals surface area contributed by atoms with Gasteiger partial charge in [-0.25, -0.2) is 4.98 Å². The van der Waals surface area contributed by atoms with E-state index in [9.17, 15) is 0 Å².